The summed E-state index contributed by atoms with van der Waals surface area (Å²) < 4.78 is 5.66. The molecule has 3 aromatic rings. The first-order chi connectivity index (χ1) is 13.6. The van der Waals surface area contributed by atoms with Crippen molar-refractivity contribution in [2.75, 3.05) is 19.6 Å². The Morgan fingerprint density at radius 1 is 1.25 bits per heavy atom. The van der Waals surface area contributed by atoms with E-state index in [1.54, 1.807) is 35.6 Å². The summed E-state index contributed by atoms with van der Waals surface area (Å²) in [6, 6.07) is 12.6. The molecule has 0 unspecified atom stereocenters. The van der Waals surface area contributed by atoms with Gasteiger partial charge in [0.05, 0.1) is 11.4 Å². The molecule has 28 heavy (non-hydrogen) atoms. The average molecular weight is 397 g/mol. The number of rotatable bonds is 5. The standard InChI is InChI=1S/C22H24N2O3S/c1-15-8-10-24(11-9-15)17(21-7-4-12-28-21)14-23-22(26)20-13-18(25)16-5-2-3-6-19(16)27-20/h2-7,12-13,15,17H,8-11,14H2,1H3,(H,23,26)/t17-/m0/s1. The quantitative estimate of drug-likeness (QED) is 0.707. The lowest BCUT2D eigenvalue weighted by atomic mass is 9.97. The summed E-state index contributed by atoms with van der Waals surface area (Å²) in [7, 11) is 0. The highest BCUT2D eigenvalue weighted by Crippen LogP contribution is 2.29. The van der Waals surface area contributed by atoms with Crippen LogP contribution in [0.15, 0.2) is 57.1 Å². The lowest BCUT2D eigenvalue weighted by molar-refractivity contribution is 0.0889. The van der Waals surface area contributed by atoms with Gasteiger partial charge in [-0.05, 0) is 55.4 Å². The number of nitrogens with one attached hydrogen (secondary N) is 1. The molecular formula is C22H24N2O3S. The van der Waals surface area contributed by atoms with Gasteiger partial charge < -0.3 is 9.73 Å². The molecule has 1 aromatic carbocycles. The third-order valence-electron chi connectivity index (χ3n) is 5.44. The first kappa shape index (κ1) is 18.9. The van der Waals surface area contributed by atoms with Crippen LogP contribution in [-0.2, 0) is 0 Å². The first-order valence-corrected chi connectivity index (χ1v) is 10.6. The van der Waals surface area contributed by atoms with Gasteiger partial charge in [-0.25, -0.2) is 0 Å². The average Bonchev–Trinajstić information content (AvgIpc) is 3.24. The molecule has 1 saturated heterocycles. The predicted octanol–water partition coefficient (Wildman–Crippen LogP) is 4.06. The zero-order chi connectivity index (χ0) is 19.5. The van der Waals surface area contributed by atoms with Gasteiger partial charge in [-0.2, -0.15) is 0 Å². The highest BCUT2D eigenvalue weighted by molar-refractivity contribution is 7.10. The number of likely N-dealkylation sites (tertiary alicyclic amines) is 1. The number of nitrogens with zero attached hydrogens (tertiary/aromatic N) is 1. The number of amides is 1. The largest absolute Gasteiger partial charge is 0.451 e. The SMILES string of the molecule is CC1CCN([C@@H](CNC(=O)c2cc(=O)c3ccccc3o2)c2cccs2)CC1. The zero-order valence-electron chi connectivity index (χ0n) is 15.9. The summed E-state index contributed by atoms with van der Waals surface area (Å²) in [6.45, 7) is 4.85. The van der Waals surface area contributed by atoms with Gasteiger partial charge in [0.1, 0.15) is 5.58 Å². The van der Waals surface area contributed by atoms with Crippen LogP contribution in [0, 0.1) is 5.92 Å². The first-order valence-electron chi connectivity index (χ1n) is 9.70. The van der Waals surface area contributed by atoms with Gasteiger partial charge in [0.15, 0.2) is 11.2 Å². The normalized spacial score (nSPS) is 16.9. The van der Waals surface area contributed by atoms with E-state index >= 15 is 0 Å². The molecule has 1 aliphatic rings. The van der Waals surface area contributed by atoms with Crippen LogP contribution in [0.2, 0.25) is 0 Å². The Morgan fingerprint density at radius 2 is 2.04 bits per heavy atom. The van der Waals surface area contributed by atoms with Gasteiger partial charge in [-0.3, -0.25) is 14.5 Å². The van der Waals surface area contributed by atoms with Gasteiger partial charge in [0.2, 0.25) is 0 Å². The maximum atomic E-state index is 12.7. The molecule has 6 heteroatoms. The molecule has 0 bridgehead atoms. The van der Waals surface area contributed by atoms with Gasteiger partial charge in [-0.1, -0.05) is 25.1 Å². The second kappa shape index (κ2) is 8.29. The number of fused-ring (bicyclic) bond motifs is 1. The number of para-hydroxylation sites is 1. The van der Waals surface area contributed by atoms with Crippen LogP contribution >= 0.6 is 11.3 Å². The summed E-state index contributed by atoms with van der Waals surface area (Å²) in [5.74, 6) is 0.456. The second-order valence-corrected chi connectivity index (χ2v) is 8.41. The molecule has 1 atom stereocenters. The topological polar surface area (TPSA) is 62.6 Å². The highest BCUT2D eigenvalue weighted by atomic mass is 32.1. The highest BCUT2D eigenvalue weighted by Gasteiger charge is 2.26. The van der Waals surface area contributed by atoms with Crippen molar-refractivity contribution in [3.63, 3.8) is 0 Å². The monoisotopic (exact) mass is 396 g/mol. The Kier molecular flexibility index (Phi) is 5.59. The predicted molar refractivity (Wildman–Crippen MR) is 112 cm³/mol. The van der Waals surface area contributed by atoms with Gasteiger partial charge in [-0.15, -0.1) is 11.3 Å². The number of hydrogen-bond acceptors (Lipinski definition) is 5. The second-order valence-electron chi connectivity index (χ2n) is 7.43. The Bertz CT molecular complexity index is 1000. The van der Waals surface area contributed by atoms with Crippen molar-refractivity contribution in [3.05, 3.63) is 68.7 Å². The number of benzene rings is 1. The Morgan fingerprint density at radius 3 is 2.79 bits per heavy atom. The van der Waals surface area contributed by atoms with Gasteiger partial charge in [0.25, 0.3) is 5.91 Å². The Hall–Kier alpha value is -2.44. The molecule has 146 valence electrons. The van der Waals surface area contributed by atoms with E-state index in [2.05, 4.69) is 28.6 Å². The molecule has 1 amide bonds. The molecule has 1 N–H and O–H groups in total. The van der Waals surface area contributed by atoms with Crippen molar-refractivity contribution >= 4 is 28.2 Å². The van der Waals surface area contributed by atoms with Crippen LogP contribution in [0.5, 0.6) is 0 Å². The summed E-state index contributed by atoms with van der Waals surface area (Å²) in [4.78, 5) is 28.6. The molecule has 0 spiro atoms. The molecule has 5 nitrogen and oxygen atoms in total. The van der Waals surface area contributed by atoms with Crippen LogP contribution < -0.4 is 10.7 Å². The number of carbonyl (C=O) groups is 1. The Balaban J connectivity index is 1.51. The molecule has 1 fully saturated rings. The zero-order valence-corrected chi connectivity index (χ0v) is 16.7. The Labute approximate surface area is 168 Å². The minimum Gasteiger partial charge on any atom is -0.451 e. The van der Waals surface area contributed by atoms with E-state index in [1.165, 1.54) is 23.8 Å². The molecule has 0 radical (unpaired) electrons. The molecule has 1 aliphatic heterocycles. The fraction of sp³-hybridized carbons (Fsp3) is 0.364. The maximum Gasteiger partial charge on any atom is 0.287 e. The fourth-order valence-electron chi connectivity index (χ4n) is 3.72. The van der Waals surface area contributed by atoms with Crippen molar-refractivity contribution in [2.45, 2.75) is 25.8 Å². The van der Waals surface area contributed by atoms with Crippen LogP contribution in [0.3, 0.4) is 0 Å². The van der Waals surface area contributed by atoms with Crippen LogP contribution in [0.1, 0.15) is 41.2 Å². The van der Waals surface area contributed by atoms with E-state index in [0.29, 0.717) is 17.5 Å². The minimum absolute atomic E-state index is 0.0564. The van der Waals surface area contributed by atoms with Crippen molar-refractivity contribution in [1.82, 2.24) is 10.2 Å². The van der Waals surface area contributed by atoms with Crippen LogP contribution in [0.4, 0.5) is 0 Å². The number of piperidine rings is 1. The van der Waals surface area contributed by atoms with Gasteiger partial charge >= 0.3 is 0 Å². The molecule has 2 aromatic heterocycles. The molecule has 0 aliphatic carbocycles. The third kappa shape index (κ3) is 4.03. The van der Waals surface area contributed by atoms with Crippen molar-refractivity contribution in [3.8, 4) is 0 Å². The molecule has 3 heterocycles. The smallest absolute Gasteiger partial charge is 0.287 e. The van der Waals surface area contributed by atoms with E-state index in [0.717, 1.165) is 19.0 Å². The summed E-state index contributed by atoms with van der Waals surface area (Å²) in [5.41, 5.74) is 0.229. The van der Waals surface area contributed by atoms with Gasteiger partial charge in [0, 0.05) is 17.5 Å². The fourth-order valence-corrected chi connectivity index (χ4v) is 4.58. The summed E-state index contributed by atoms with van der Waals surface area (Å²) in [6.07, 6.45) is 2.35. The van der Waals surface area contributed by atoms with E-state index in [-0.39, 0.29) is 23.1 Å². The lowest BCUT2D eigenvalue weighted by Gasteiger charge is -2.36. The number of carbonyl (C=O) groups excluding carboxylic acids is 1. The van der Waals surface area contributed by atoms with Crippen molar-refractivity contribution in [1.29, 1.82) is 0 Å². The van der Waals surface area contributed by atoms with E-state index < -0.39 is 0 Å². The number of thiophene rings is 1. The maximum absolute atomic E-state index is 12.7. The van der Waals surface area contributed by atoms with E-state index in [9.17, 15) is 9.59 Å². The van der Waals surface area contributed by atoms with Crippen LogP contribution in [0.25, 0.3) is 11.0 Å². The summed E-state index contributed by atoms with van der Waals surface area (Å²) in [5, 5.41) is 5.53. The van der Waals surface area contributed by atoms with E-state index in [4.69, 9.17) is 4.42 Å². The lowest BCUT2D eigenvalue weighted by Crippen LogP contribution is -2.41. The number of hydrogen-bond donors (Lipinski definition) is 1. The summed E-state index contributed by atoms with van der Waals surface area (Å²) >= 11 is 1.71. The minimum atomic E-state index is -0.352. The van der Waals surface area contributed by atoms with Crippen LogP contribution in [-0.4, -0.2) is 30.4 Å². The van der Waals surface area contributed by atoms with Crippen molar-refractivity contribution < 1.29 is 9.21 Å². The third-order valence-corrected chi connectivity index (χ3v) is 6.42. The molecule has 4 rings (SSSR count). The van der Waals surface area contributed by atoms with E-state index in [1.807, 2.05) is 6.07 Å². The molecule has 0 saturated carbocycles. The van der Waals surface area contributed by atoms with Crippen molar-refractivity contribution in [2.24, 2.45) is 5.92 Å². The molecular weight excluding hydrogens is 372 g/mol.